The van der Waals surface area contributed by atoms with Crippen LogP contribution >= 0.6 is 11.6 Å². The molecule has 0 spiro atoms. The standard InChI is InChI=1S/C14H21ClN2/c1-10(16-2)13-8-7-12(9-14(13)15)17(3)11-5-4-6-11/h7-11,16H,4-6H2,1-3H3. The lowest BCUT2D eigenvalue weighted by Gasteiger charge is -2.36. The molecule has 0 saturated heterocycles. The highest BCUT2D eigenvalue weighted by molar-refractivity contribution is 6.31. The first-order valence-corrected chi connectivity index (χ1v) is 6.71. The maximum absolute atomic E-state index is 6.35. The Kier molecular flexibility index (Phi) is 3.95. The molecule has 0 bridgehead atoms. The zero-order chi connectivity index (χ0) is 12.4. The molecule has 0 amide bonds. The van der Waals surface area contributed by atoms with E-state index in [1.165, 1.54) is 30.5 Å². The van der Waals surface area contributed by atoms with E-state index >= 15 is 0 Å². The van der Waals surface area contributed by atoms with Crippen molar-refractivity contribution in [3.8, 4) is 0 Å². The normalized spacial score (nSPS) is 17.6. The van der Waals surface area contributed by atoms with Gasteiger partial charge in [-0.1, -0.05) is 17.7 Å². The van der Waals surface area contributed by atoms with Crippen molar-refractivity contribution in [1.29, 1.82) is 0 Å². The zero-order valence-electron chi connectivity index (χ0n) is 10.8. The van der Waals surface area contributed by atoms with Crippen LogP contribution in [0, 0.1) is 0 Å². The van der Waals surface area contributed by atoms with Gasteiger partial charge in [-0.15, -0.1) is 0 Å². The Morgan fingerprint density at radius 1 is 1.41 bits per heavy atom. The number of benzene rings is 1. The fourth-order valence-electron chi connectivity index (χ4n) is 2.23. The highest BCUT2D eigenvalue weighted by atomic mass is 35.5. The lowest BCUT2D eigenvalue weighted by Crippen LogP contribution is -2.37. The lowest BCUT2D eigenvalue weighted by molar-refractivity contribution is 0.401. The third-order valence-corrected chi connectivity index (χ3v) is 4.24. The highest BCUT2D eigenvalue weighted by Gasteiger charge is 2.22. The fraction of sp³-hybridized carbons (Fsp3) is 0.571. The molecule has 94 valence electrons. The molecule has 3 heteroatoms. The van der Waals surface area contributed by atoms with E-state index in [1.54, 1.807) is 0 Å². The van der Waals surface area contributed by atoms with Crippen molar-refractivity contribution in [3.63, 3.8) is 0 Å². The summed E-state index contributed by atoms with van der Waals surface area (Å²) in [4.78, 5) is 2.35. The minimum atomic E-state index is 0.297. The summed E-state index contributed by atoms with van der Waals surface area (Å²) in [5.41, 5.74) is 2.40. The third kappa shape index (κ3) is 2.58. The van der Waals surface area contributed by atoms with Gasteiger partial charge in [0.1, 0.15) is 0 Å². The molecule has 2 nitrogen and oxygen atoms in total. The summed E-state index contributed by atoms with van der Waals surface area (Å²) in [6.45, 7) is 2.12. The Morgan fingerprint density at radius 3 is 2.59 bits per heavy atom. The minimum Gasteiger partial charge on any atom is -0.372 e. The molecule has 1 N–H and O–H groups in total. The number of halogens is 1. The van der Waals surface area contributed by atoms with Gasteiger partial charge in [0.2, 0.25) is 0 Å². The number of hydrogen-bond donors (Lipinski definition) is 1. The lowest BCUT2D eigenvalue weighted by atomic mass is 9.91. The summed E-state index contributed by atoms with van der Waals surface area (Å²) < 4.78 is 0. The molecule has 1 aliphatic rings. The van der Waals surface area contributed by atoms with Crippen LogP contribution in [0.3, 0.4) is 0 Å². The van der Waals surface area contributed by atoms with E-state index in [2.05, 4.69) is 42.4 Å². The molecule has 0 aliphatic heterocycles. The summed E-state index contributed by atoms with van der Waals surface area (Å²) >= 11 is 6.35. The molecule has 1 fully saturated rings. The first-order valence-electron chi connectivity index (χ1n) is 6.33. The van der Waals surface area contributed by atoms with Crippen molar-refractivity contribution in [1.82, 2.24) is 5.32 Å². The first kappa shape index (κ1) is 12.7. The van der Waals surface area contributed by atoms with Crippen LogP contribution in [0.1, 0.15) is 37.8 Å². The Hall–Kier alpha value is -0.730. The molecule has 17 heavy (non-hydrogen) atoms. The predicted molar refractivity (Wildman–Crippen MR) is 75.0 cm³/mol. The molecular formula is C14H21ClN2. The average molecular weight is 253 g/mol. The van der Waals surface area contributed by atoms with E-state index in [0.717, 1.165) is 5.02 Å². The van der Waals surface area contributed by atoms with Gasteiger partial charge in [-0.3, -0.25) is 0 Å². The van der Waals surface area contributed by atoms with Gasteiger partial charge >= 0.3 is 0 Å². The van der Waals surface area contributed by atoms with Crippen molar-refractivity contribution < 1.29 is 0 Å². The van der Waals surface area contributed by atoms with E-state index in [9.17, 15) is 0 Å². The number of rotatable bonds is 4. The second-order valence-corrected chi connectivity index (χ2v) is 5.32. The molecule has 1 atom stereocenters. The second kappa shape index (κ2) is 5.28. The molecule has 2 rings (SSSR count). The average Bonchev–Trinajstić information content (AvgIpc) is 2.25. The Morgan fingerprint density at radius 2 is 2.12 bits per heavy atom. The summed E-state index contributed by atoms with van der Waals surface area (Å²) in [7, 11) is 4.12. The van der Waals surface area contributed by atoms with Crippen molar-refractivity contribution in [3.05, 3.63) is 28.8 Å². The topological polar surface area (TPSA) is 15.3 Å². The van der Waals surface area contributed by atoms with E-state index < -0.39 is 0 Å². The maximum atomic E-state index is 6.35. The second-order valence-electron chi connectivity index (χ2n) is 4.91. The van der Waals surface area contributed by atoms with Gasteiger partial charge in [0.25, 0.3) is 0 Å². The summed E-state index contributed by atoms with van der Waals surface area (Å²) in [5, 5.41) is 4.07. The van der Waals surface area contributed by atoms with E-state index in [1.807, 2.05) is 7.05 Å². The van der Waals surface area contributed by atoms with Crippen LogP contribution in [-0.2, 0) is 0 Å². The molecule has 1 saturated carbocycles. The van der Waals surface area contributed by atoms with Crippen LogP contribution in [-0.4, -0.2) is 20.1 Å². The molecule has 1 aromatic rings. The van der Waals surface area contributed by atoms with Gasteiger partial charge in [-0.2, -0.15) is 0 Å². The molecule has 1 unspecified atom stereocenters. The molecular weight excluding hydrogens is 232 g/mol. The number of nitrogens with zero attached hydrogens (tertiary/aromatic N) is 1. The van der Waals surface area contributed by atoms with Crippen LogP contribution in [0.15, 0.2) is 18.2 Å². The van der Waals surface area contributed by atoms with Crippen molar-refractivity contribution in [2.75, 3.05) is 19.0 Å². The van der Waals surface area contributed by atoms with Gasteiger partial charge < -0.3 is 10.2 Å². The third-order valence-electron chi connectivity index (χ3n) is 3.91. The van der Waals surface area contributed by atoms with Crippen molar-refractivity contribution >= 4 is 17.3 Å². The van der Waals surface area contributed by atoms with Crippen LogP contribution in [0.25, 0.3) is 0 Å². The minimum absolute atomic E-state index is 0.297. The highest BCUT2D eigenvalue weighted by Crippen LogP contribution is 2.32. The summed E-state index contributed by atoms with van der Waals surface area (Å²) in [6, 6.07) is 7.40. The smallest absolute Gasteiger partial charge is 0.0474 e. The summed E-state index contributed by atoms with van der Waals surface area (Å²) in [5.74, 6) is 0. The van der Waals surface area contributed by atoms with Crippen LogP contribution in [0.2, 0.25) is 5.02 Å². The van der Waals surface area contributed by atoms with Gasteiger partial charge in [0.05, 0.1) is 0 Å². The van der Waals surface area contributed by atoms with E-state index in [-0.39, 0.29) is 0 Å². The molecule has 0 heterocycles. The van der Waals surface area contributed by atoms with Crippen LogP contribution in [0.4, 0.5) is 5.69 Å². The molecule has 0 aromatic heterocycles. The zero-order valence-corrected chi connectivity index (χ0v) is 11.6. The Balaban J connectivity index is 2.17. The monoisotopic (exact) mass is 252 g/mol. The van der Waals surface area contributed by atoms with Crippen LogP contribution < -0.4 is 10.2 Å². The number of hydrogen-bond acceptors (Lipinski definition) is 2. The Bertz CT molecular complexity index is 388. The maximum Gasteiger partial charge on any atom is 0.0474 e. The SMILES string of the molecule is CNC(C)c1ccc(N(C)C2CCC2)cc1Cl. The van der Waals surface area contributed by atoms with Gasteiger partial charge in [-0.25, -0.2) is 0 Å². The van der Waals surface area contributed by atoms with E-state index in [0.29, 0.717) is 12.1 Å². The predicted octanol–water partition coefficient (Wildman–Crippen LogP) is 3.61. The molecule has 1 aromatic carbocycles. The fourth-order valence-corrected chi connectivity index (χ4v) is 2.57. The number of nitrogens with one attached hydrogen (secondary N) is 1. The molecule has 0 radical (unpaired) electrons. The Labute approximate surface area is 109 Å². The van der Waals surface area contributed by atoms with E-state index in [4.69, 9.17) is 11.6 Å². The van der Waals surface area contributed by atoms with Crippen molar-refractivity contribution in [2.24, 2.45) is 0 Å². The van der Waals surface area contributed by atoms with Crippen LogP contribution in [0.5, 0.6) is 0 Å². The van der Waals surface area contributed by atoms with Crippen molar-refractivity contribution in [2.45, 2.75) is 38.3 Å². The summed E-state index contributed by atoms with van der Waals surface area (Å²) in [6.07, 6.45) is 3.98. The van der Waals surface area contributed by atoms with Gasteiger partial charge in [0, 0.05) is 29.8 Å². The number of anilines is 1. The largest absolute Gasteiger partial charge is 0.372 e. The van der Waals surface area contributed by atoms with Gasteiger partial charge in [0.15, 0.2) is 0 Å². The first-order chi connectivity index (χ1) is 8.13. The van der Waals surface area contributed by atoms with Gasteiger partial charge in [-0.05, 0) is 50.9 Å². The quantitative estimate of drug-likeness (QED) is 0.881. The molecule has 1 aliphatic carbocycles.